The topological polar surface area (TPSA) is 88.0 Å². The highest BCUT2D eigenvalue weighted by molar-refractivity contribution is 6.06. The van der Waals surface area contributed by atoms with E-state index in [1.54, 1.807) is 12.1 Å². The number of H-pyrrole nitrogens is 1. The second kappa shape index (κ2) is 5.09. The van der Waals surface area contributed by atoms with Gasteiger partial charge in [0.2, 0.25) is 0 Å². The molecule has 0 bridgehead atoms. The molecule has 2 aromatic carbocycles. The Bertz CT molecular complexity index is 822. The number of nitrogens with zero attached hydrogens (tertiary/aromatic N) is 1. The van der Waals surface area contributed by atoms with Gasteiger partial charge in [0, 0.05) is 35.1 Å². The van der Waals surface area contributed by atoms with Crippen LogP contribution in [0.5, 0.6) is 0 Å². The predicted molar refractivity (Wildman–Crippen MR) is 79.3 cm³/mol. The molecule has 1 heterocycles. The first-order valence-corrected chi connectivity index (χ1v) is 6.26. The lowest BCUT2D eigenvalue weighted by molar-refractivity contribution is -0.384. The van der Waals surface area contributed by atoms with Crippen LogP contribution in [0, 0.1) is 10.1 Å². The van der Waals surface area contributed by atoms with Crippen LogP contribution in [-0.4, -0.2) is 15.8 Å². The number of fused-ring (bicyclic) bond motifs is 1. The number of rotatable bonds is 3. The number of nitro benzene ring substituents is 1. The standard InChI is InChI=1S/C15H11N3O3/c19-15(11-2-1-10-7-8-16-14(10)9-11)17-12-3-5-13(6-4-12)18(20)21/h1-9,16H,(H,17,19). The molecule has 1 aromatic heterocycles. The molecule has 3 rings (SSSR count). The molecule has 1 amide bonds. The Morgan fingerprint density at radius 1 is 1.10 bits per heavy atom. The molecule has 0 aliphatic heterocycles. The van der Waals surface area contributed by atoms with Crippen molar-refractivity contribution in [1.29, 1.82) is 0 Å². The van der Waals surface area contributed by atoms with Crippen LogP contribution in [0.3, 0.4) is 0 Å². The lowest BCUT2D eigenvalue weighted by Gasteiger charge is -2.05. The summed E-state index contributed by atoms with van der Waals surface area (Å²) in [6.07, 6.45) is 1.81. The molecule has 0 saturated carbocycles. The summed E-state index contributed by atoms with van der Waals surface area (Å²) in [5.41, 5.74) is 1.90. The van der Waals surface area contributed by atoms with Gasteiger partial charge in [-0.05, 0) is 35.7 Å². The maximum absolute atomic E-state index is 12.1. The van der Waals surface area contributed by atoms with Gasteiger partial charge in [-0.3, -0.25) is 14.9 Å². The lowest BCUT2D eigenvalue weighted by Crippen LogP contribution is -2.11. The van der Waals surface area contributed by atoms with Crippen LogP contribution in [0.1, 0.15) is 10.4 Å². The lowest BCUT2D eigenvalue weighted by atomic mass is 10.1. The molecular weight excluding hydrogens is 270 g/mol. The monoisotopic (exact) mass is 281 g/mol. The second-order valence-electron chi connectivity index (χ2n) is 4.54. The molecule has 6 heteroatoms. The third-order valence-electron chi connectivity index (χ3n) is 3.15. The van der Waals surface area contributed by atoms with Gasteiger partial charge in [-0.1, -0.05) is 6.07 Å². The van der Waals surface area contributed by atoms with Gasteiger partial charge in [0.1, 0.15) is 0 Å². The van der Waals surface area contributed by atoms with E-state index in [0.29, 0.717) is 11.3 Å². The normalized spacial score (nSPS) is 10.5. The summed E-state index contributed by atoms with van der Waals surface area (Å²) in [6.45, 7) is 0. The number of non-ortho nitro benzene ring substituents is 1. The van der Waals surface area contributed by atoms with E-state index >= 15 is 0 Å². The van der Waals surface area contributed by atoms with Gasteiger partial charge in [-0.2, -0.15) is 0 Å². The van der Waals surface area contributed by atoms with Crippen LogP contribution < -0.4 is 5.32 Å². The average molecular weight is 281 g/mol. The van der Waals surface area contributed by atoms with Crippen LogP contribution in [0.15, 0.2) is 54.7 Å². The van der Waals surface area contributed by atoms with E-state index in [-0.39, 0.29) is 11.6 Å². The molecule has 2 N–H and O–H groups in total. The van der Waals surface area contributed by atoms with Gasteiger partial charge in [0.05, 0.1) is 4.92 Å². The Morgan fingerprint density at radius 3 is 2.57 bits per heavy atom. The maximum atomic E-state index is 12.1. The number of carbonyl (C=O) groups is 1. The van der Waals surface area contributed by atoms with E-state index in [0.717, 1.165) is 10.9 Å². The Labute approximate surface area is 119 Å². The molecule has 0 spiro atoms. The number of anilines is 1. The van der Waals surface area contributed by atoms with Gasteiger partial charge in [0.25, 0.3) is 11.6 Å². The van der Waals surface area contributed by atoms with E-state index in [2.05, 4.69) is 10.3 Å². The number of amides is 1. The van der Waals surface area contributed by atoms with Gasteiger partial charge in [-0.15, -0.1) is 0 Å². The summed E-state index contributed by atoms with van der Waals surface area (Å²) in [4.78, 5) is 25.3. The van der Waals surface area contributed by atoms with E-state index in [9.17, 15) is 14.9 Å². The van der Waals surface area contributed by atoms with E-state index in [1.807, 2.05) is 18.3 Å². The summed E-state index contributed by atoms with van der Waals surface area (Å²) in [5.74, 6) is -0.264. The Hall–Kier alpha value is -3.15. The van der Waals surface area contributed by atoms with Crippen molar-refractivity contribution in [3.05, 3.63) is 70.4 Å². The van der Waals surface area contributed by atoms with E-state index in [4.69, 9.17) is 0 Å². The Kier molecular flexibility index (Phi) is 3.12. The van der Waals surface area contributed by atoms with Crippen molar-refractivity contribution in [2.45, 2.75) is 0 Å². The van der Waals surface area contributed by atoms with Crippen molar-refractivity contribution in [2.24, 2.45) is 0 Å². The summed E-state index contributed by atoms with van der Waals surface area (Å²) in [5, 5.41) is 14.3. The first-order chi connectivity index (χ1) is 10.1. The zero-order valence-corrected chi connectivity index (χ0v) is 10.9. The van der Waals surface area contributed by atoms with Crippen molar-refractivity contribution in [3.8, 4) is 0 Å². The van der Waals surface area contributed by atoms with Gasteiger partial charge in [0.15, 0.2) is 0 Å². The summed E-state index contributed by atoms with van der Waals surface area (Å²) >= 11 is 0. The van der Waals surface area contributed by atoms with Crippen molar-refractivity contribution < 1.29 is 9.72 Å². The van der Waals surface area contributed by atoms with Gasteiger partial charge < -0.3 is 10.3 Å². The molecule has 0 atom stereocenters. The maximum Gasteiger partial charge on any atom is 0.269 e. The van der Waals surface area contributed by atoms with Crippen LogP contribution >= 0.6 is 0 Å². The fourth-order valence-corrected chi connectivity index (χ4v) is 2.06. The highest BCUT2D eigenvalue weighted by Crippen LogP contribution is 2.18. The van der Waals surface area contributed by atoms with Crippen LogP contribution in [0.25, 0.3) is 10.9 Å². The minimum absolute atomic E-state index is 0.0131. The number of aromatic nitrogens is 1. The van der Waals surface area contributed by atoms with Crippen molar-refractivity contribution in [2.75, 3.05) is 5.32 Å². The van der Waals surface area contributed by atoms with Crippen LogP contribution in [0.4, 0.5) is 11.4 Å². The van der Waals surface area contributed by atoms with Crippen LogP contribution in [0.2, 0.25) is 0 Å². The Balaban J connectivity index is 1.80. The van der Waals surface area contributed by atoms with Gasteiger partial charge >= 0.3 is 0 Å². The number of hydrogen-bond acceptors (Lipinski definition) is 3. The summed E-state index contributed by atoms with van der Waals surface area (Å²) in [7, 11) is 0. The first-order valence-electron chi connectivity index (χ1n) is 6.26. The number of hydrogen-bond donors (Lipinski definition) is 2. The molecule has 0 saturated heterocycles. The fraction of sp³-hybridized carbons (Fsp3) is 0. The number of aromatic amines is 1. The molecule has 0 aliphatic rings. The smallest absolute Gasteiger partial charge is 0.269 e. The number of nitrogens with one attached hydrogen (secondary N) is 2. The average Bonchev–Trinajstić information content (AvgIpc) is 2.95. The highest BCUT2D eigenvalue weighted by atomic mass is 16.6. The molecule has 21 heavy (non-hydrogen) atoms. The molecule has 0 radical (unpaired) electrons. The number of nitro groups is 1. The molecule has 0 aliphatic carbocycles. The number of carbonyl (C=O) groups excluding carboxylic acids is 1. The Morgan fingerprint density at radius 2 is 1.86 bits per heavy atom. The minimum atomic E-state index is -0.481. The van der Waals surface area contributed by atoms with Crippen LogP contribution in [-0.2, 0) is 0 Å². The minimum Gasteiger partial charge on any atom is -0.361 e. The predicted octanol–water partition coefficient (Wildman–Crippen LogP) is 3.33. The largest absolute Gasteiger partial charge is 0.361 e. The molecule has 0 unspecified atom stereocenters. The summed E-state index contributed by atoms with van der Waals surface area (Å²) < 4.78 is 0. The zero-order chi connectivity index (χ0) is 14.8. The fourth-order valence-electron chi connectivity index (χ4n) is 2.06. The van der Waals surface area contributed by atoms with Gasteiger partial charge in [-0.25, -0.2) is 0 Å². The zero-order valence-electron chi connectivity index (χ0n) is 10.9. The third-order valence-corrected chi connectivity index (χ3v) is 3.15. The second-order valence-corrected chi connectivity index (χ2v) is 4.54. The van der Waals surface area contributed by atoms with E-state index < -0.39 is 4.92 Å². The highest BCUT2D eigenvalue weighted by Gasteiger charge is 2.09. The quantitative estimate of drug-likeness (QED) is 0.570. The molecule has 3 aromatic rings. The van der Waals surface area contributed by atoms with Crippen molar-refractivity contribution in [3.63, 3.8) is 0 Å². The van der Waals surface area contributed by atoms with E-state index in [1.165, 1.54) is 24.3 Å². The molecule has 104 valence electrons. The number of benzene rings is 2. The summed E-state index contributed by atoms with van der Waals surface area (Å²) in [6, 6.07) is 13.0. The molecule has 6 nitrogen and oxygen atoms in total. The third kappa shape index (κ3) is 2.59. The first kappa shape index (κ1) is 12.9. The van der Waals surface area contributed by atoms with Crippen molar-refractivity contribution >= 4 is 28.2 Å². The molecule has 0 fully saturated rings. The van der Waals surface area contributed by atoms with Crippen molar-refractivity contribution in [1.82, 2.24) is 4.98 Å². The molecular formula is C15H11N3O3. The SMILES string of the molecule is O=C(Nc1ccc([N+](=O)[O-])cc1)c1ccc2cc[nH]c2c1.